The summed E-state index contributed by atoms with van der Waals surface area (Å²) in [4.78, 5) is 22.1. The Bertz CT molecular complexity index is 449. The minimum Gasteiger partial charge on any atom is -0.354 e. The van der Waals surface area contributed by atoms with E-state index < -0.39 is 0 Å². The molecule has 1 aliphatic heterocycles. The monoisotopic (exact) mass is 262 g/mol. The lowest BCUT2D eigenvalue weighted by atomic mass is 9.98. The lowest BCUT2D eigenvalue weighted by molar-refractivity contribution is -0.119. The zero-order valence-corrected chi connectivity index (χ0v) is 11.9. The van der Waals surface area contributed by atoms with Crippen LogP contribution in [0.25, 0.3) is 0 Å². The quantitative estimate of drug-likeness (QED) is 0.894. The van der Waals surface area contributed by atoms with Crippen molar-refractivity contribution in [2.24, 2.45) is 5.92 Å². The first-order valence-electron chi connectivity index (χ1n) is 6.92. The number of nitrogens with one attached hydrogen (secondary N) is 1. The molecule has 0 unspecified atom stereocenters. The molecule has 5 heteroatoms. The van der Waals surface area contributed by atoms with Gasteiger partial charge in [0.2, 0.25) is 5.91 Å². The highest BCUT2D eigenvalue weighted by Gasteiger charge is 2.33. The van der Waals surface area contributed by atoms with Crippen molar-refractivity contribution in [2.75, 3.05) is 18.0 Å². The van der Waals surface area contributed by atoms with Crippen molar-refractivity contribution in [1.82, 2.24) is 15.3 Å². The van der Waals surface area contributed by atoms with Gasteiger partial charge in [-0.2, -0.15) is 0 Å². The van der Waals surface area contributed by atoms with Crippen molar-refractivity contribution in [3.8, 4) is 0 Å². The fraction of sp³-hybridized carbons (Fsp3) is 0.643. The predicted molar refractivity (Wildman–Crippen MR) is 75.0 cm³/mol. The summed E-state index contributed by atoms with van der Waals surface area (Å²) in [6.07, 6.45) is 4.06. The molecule has 2 atom stereocenters. The van der Waals surface area contributed by atoms with Crippen LogP contribution in [-0.4, -0.2) is 35.0 Å². The molecule has 104 valence electrons. The van der Waals surface area contributed by atoms with Gasteiger partial charge in [-0.1, -0.05) is 13.3 Å². The lowest BCUT2D eigenvalue weighted by Gasteiger charge is -2.17. The standard InChI is InChI=1S/C14H22N4O/c1-4-5-12-8-18(9-13(12)17-11(3)19)14-6-7-15-10(2)16-14/h6-7,12-13H,4-5,8-9H2,1-3H3,(H,17,19)/t12-,13-/m1/s1. The molecule has 1 fully saturated rings. The number of carbonyl (C=O) groups excluding carboxylic acids is 1. The van der Waals surface area contributed by atoms with Gasteiger partial charge in [0.1, 0.15) is 11.6 Å². The molecule has 0 aliphatic carbocycles. The predicted octanol–water partition coefficient (Wildman–Crippen LogP) is 1.53. The molecule has 19 heavy (non-hydrogen) atoms. The number of aromatic nitrogens is 2. The summed E-state index contributed by atoms with van der Waals surface area (Å²) in [6.45, 7) is 7.45. The third kappa shape index (κ3) is 3.43. The molecule has 0 aromatic carbocycles. The van der Waals surface area contributed by atoms with E-state index in [1.165, 1.54) is 0 Å². The summed E-state index contributed by atoms with van der Waals surface area (Å²) in [5.74, 6) is 2.30. The van der Waals surface area contributed by atoms with Gasteiger partial charge in [0.05, 0.1) is 6.04 Å². The van der Waals surface area contributed by atoms with Crippen molar-refractivity contribution in [2.45, 2.75) is 39.7 Å². The second kappa shape index (κ2) is 5.99. The molecule has 1 saturated heterocycles. The van der Waals surface area contributed by atoms with Crippen LogP contribution in [0.1, 0.15) is 32.5 Å². The summed E-state index contributed by atoms with van der Waals surface area (Å²) in [5.41, 5.74) is 0. The zero-order valence-electron chi connectivity index (χ0n) is 11.9. The van der Waals surface area contributed by atoms with E-state index in [9.17, 15) is 4.79 Å². The minimum absolute atomic E-state index is 0.0480. The Labute approximate surface area is 114 Å². The van der Waals surface area contributed by atoms with Gasteiger partial charge in [-0.15, -0.1) is 0 Å². The molecule has 0 radical (unpaired) electrons. The van der Waals surface area contributed by atoms with Crippen molar-refractivity contribution >= 4 is 11.7 Å². The van der Waals surface area contributed by atoms with Gasteiger partial charge in [0, 0.05) is 26.2 Å². The van der Waals surface area contributed by atoms with Gasteiger partial charge in [-0.25, -0.2) is 9.97 Å². The molecule has 1 aromatic rings. The summed E-state index contributed by atoms with van der Waals surface area (Å²) in [7, 11) is 0. The topological polar surface area (TPSA) is 58.1 Å². The Morgan fingerprint density at radius 2 is 2.32 bits per heavy atom. The first-order valence-corrected chi connectivity index (χ1v) is 6.92. The molecule has 1 N–H and O–H groups in total. The van der Waals surface area contributed by atoms with Crippen LogP contribution in [0.2, 0.25) is 0 Å². The summed E-state index contributed by atoms with van der Waals surface area (Å²) in [5, 5.41) is 3.07. The Balaban J connectivity index is 2.10. The largest absolute Gasteiger partial charge is 0.354 e. The van der Waals surface area contributed by atoms with E-state index in [-0.39, 0.29) is 11.9 Å². The van der Waals surface area contributed by atoms with E-state index in [1.54, 1.807) is 13.1 Å². The molecule has 0 bridgehead atoms. The minimum atomic E-state index is 0.0480. The summed E-state index contributed by atoms with van der Waals surface area (Å²) < 4.78 is 0. The normalized spacial score (nSPS) is 22.6. The summed E-state index contributed by atoms with van der Waals surface area (Å²) in [6, 6.07) is 2.17. The van der Waals surface area contributed by atoms with Crippen LogP contribution in [0.4, 0.5) is 5.82 Å². The van der Waals surface area contributed by atoms with Crippen molar-refractivity contribution in [3.05, 3.63) is 18.1 Å². The Morgan fingerprint density at radius 1 is 1.53 bits per heavy atom. The number of hydrogen-bond donors (Lipinski definition) is 1. The number of aryl methyl sites for hydroxylation is 1. The lowest BCUT2D eigenvalue weighted by Crippen LogP contribution is -2.39. The van der Waals surface area contributed by atoms with E-state index in [4.69, 9.17) is 0 Å². The fourth-order valence-corrected chi connectivity index (χ4v) is 2.77. The number of hydrogen-bond acceptors (Lipinski definition) is 4. The second-order valence-corrected chi connectivity index (χ2v) is 5.22. The van der Waals surface area contributed by atoms with Crippen LogP contribution in [0.15, 0.2) is 12.3 Å². The van der Waals surface area contributed by atoms with Gasteiger partial charge in [0.15, 0.2) is 0 Å². The third-order valence-electron chi connectivity index (χ3n) is 3.57. The van der Waals surface area contributed by atoms with E-state index >= 15 is 0 Å². The molecule has 1 amide bonds. The maximum Gasteiger partial charge on any atom is 0.217 e. The molecular weight excluding hydrogens is 240 g/mol. The summed E-state index contributed by atoms with van der Waals surface area (Å²) >= 11 is 0. The SMILES string of the molecule is CCC[C@@H]1CN(c2ccnc(C)n2)C[C@H]1NC(C)=O. The van der Waals surface area contributed by atoms with E-state index in [1.807, 2.05) is 13.0 Å². The van der Waals surface area contributed by atoms with Crippen LogP contribution < -0.4 is 10.2 Å². The van der Waals surface area contributed by atoms with Gasteiger partial charge in [-0.3, -0.25) is 4.79 Å². The van der Waals surface area contributed by atoms with E-state index in [0.717, 1.165) is 37.6 Å². The Hall–Kier alpha value is -1.65. The fourth-order valence-electron chi connectivity index (χ4n) is 2.77. The van der Waals surface area contributed by atoms with Gasteiger partial charge < -0.3 is 10.2 Å². The van der Waals surface area contributed by atoms with Gasteiger partial charge >= 0.3 is 0 Å². The maximum atomic E-state index is 11.3. The third-order valence-corrected chi connectivity index (χ3v) is 3.57. The van der Waals surface area contributed by atoms with Crippen molar-refractivity contribution in [1.29, 1.82) is 0 Å². The zero-order chi connectivity index (χ0) is 13.8. The number of amides is 1. The average molecular weight is 262 g/mol. The maximum absolute atomic E-state index is 11.3. The van der Waals surface area contributed by atoms with Gasteiger partial charge in [-0.05, 0) is 25.3 Å². The molecule has 2 rings (SSSR count). The molecule has 1 aliphatic rings. The first-order chi connectivity index (χ1) is 9.10. The molecular formula is C14H22N4O. The molecule has 0 saturated carbocycles. The highest BCUT2D eigenvalue weighted by molar-refractivity contribution is 5.73. The van der Waals surface area contributed by atoms with Crippen LogP contribution >= 0.6 is 0 Å². The van der Waals surface area contributed by atoms with Crippen LogP contribution in [-0.2, 0) is 4.79 Å². The molecule has 5 nitrogen and oxygen atoms in total. The van der Waals surface area contributed by atoms with Crippen LogP contribution in [0.5, 0.6) is 0 Å². The average Bonchev–Trinajstić information content (AvgIpc) is 2.72. The Morgan fingerprint density at radius 3 is 2.95 bits per heavy atom. The smallest absolute Gasteiger partial charge is 0.217 e. The highest BCUT2D eigenvalue weighted by Crippen LogP contribution is 2.25. The molecule has 2 heterocycles. The number of nitrogens with zero attached hydrogens (tertiary/aromatic N) is 3. The Kier molecular flexibility index (Phi) is 4.35. The second-order valence-electron chi connectivity index (χ2n) is 5.22. The van der Waals surface area contributed by atoms with E-state index in [2.05, 4.69) is 27.1 Å². The van der Waals surface area contributed by atoms with Crippen molar-refractivity contribution < 1.29 is 4.79 Å². The van der Waals surface area contributed by atoms with Gasteiger partial charge in [0.25, 0.3) is 0 Å². The van der Waals surface area contributed by atoms with Crippen molar-refractivity contribution in [3.63, 3.8) is 0 Å². The highest BCUT2D eigenvalue weighted by atomic mass is 16.1. The number of rotatable bonds is 4. The molecule has 1 aromatic heterocycles. The number of anilines is 1. The molecule has 0 spiro atoms. The van der Waals surface area contributed by atoms with Crippen LogP contribution in [0, 0.1) is 12.8 Å². The number of carbonyl (C=O) groups is 1. The first kappa shape index (κ1) is 13.8. The van der Waals surface area contributed by atoms with E-state index in [0.29, 0.717) is 5.92 Å². The van der Waals surface area contributed by atoms with Crippen LogP contribution in [0.3, 0.4) is 0 Å².